The van der Waals surface area contributed by atoms with Crippen LogP contribution in [0.3, 0.4) is 0 Å². The largest absolute Gasteiger partial charge is 0.331 e. The van der Waals surface area contributed by atoms with Gasteiger partial charge in [-0.3, -0.25) is 14.7 Å². The maximum atomic E-state index is 12.3. The zero-order chi connectivity index (χ0) is 17.5. The van der Waals surface area contributed by atoms with Crippen molar-refractivity contribution in [3.63, 3.8) is 0 Å². The van der Waals surface area contributed by atoms with E-state index in [0.29, 0.717) is 5.69 Å². The van der Waals surface area contributed by atoms with Crippen LogP contribution in [0.15, 0.2) is 30.3 Å². The molecule has 128 valence electrons. The number of aryl methyl sites for hydroxylation is 2. The molecule has 0 saturated heterocycles. The number of aromatic nitrogens is 2. The molecular weight excluding hydrogens is 304 g/mol. The van der Waals surface area contributed by atoms with Crippen LogP contribution in [0.25, 0.3) is 0 Å². The van der Waals surface area contributed by atoms with Gasteiger partial charge in [-0.1, -0.05) is 38.5 Å². The highest BCUT2D eigenvalue weighted by molar-refractivity contribution is 5.98. The van der Waals surface area contributed by atoms with E-state index in [4.69, 9.17) is 0 Å². The average molecular weight is 328 g/mol. The number of para-hydroxylation sites is 1. The number of nitrogens with one attached hydrogen (secondary N) is 2. The van der Waals surface area contributed by atoms with E-state index in [2.05, 4.69) is 22.4 Å². The Morgan fingerprint density at radius 3 is 2.71 bits per heavy atom. The monoisotopic (exact) mass is 328 g/mol. The van der Waals surface area contributed by atoms with E-state index >= 15 is 0 Å². The van der Waals surface area contributed by atoms with Gasteiger partial charge in [-0.2, -0.15) is 5.10 Å². The molecule has 2 amide bonds. The molecular formula is C18H24N4O2. The Morgan fingerprint density at radius 2 is 2.00 bits per heavy atom. The molecule has 2 N–H and O–H groups in total. The standard InChI is InChI=1S/C18H24N4O2/c1-4-8-14-11-16(21-20-14)18(24)22(3)12-17(23)19-15-10-7-6-9-13(15)5-2/h6-7,9-11H,4-5,8,12H2,1-3H3,(H,19,23)(H,20,21). The number of hydrogen-bond donors (Lipinski definition) is 2. The summed E-state index contributed by atoms with van der Waals surface area (Å²) in [4.78, 5) is 25.9. The number of aromatic amines is 1. The second-order valence-electron chi connectivity index (χ2n) is 5.75. The number of carbonyl (C=O) groups is 2. The third kappa shape index (κ3) is 4.44. The number of likely N-dealkylation sites (N-methyl/N-ethyl adjacent to an activating group) is 1. The Labute approximate surface area is 142 Å². The van der Waals surface area contributed by atoms with E-state index < -0.39 is 0 Å². The van der Waals surface area contributed by atoms with Crippen LogP contribution in [-0.4, -0.2) is 40.5 Å². The molecule has 0 radical (unpaired) electrons. The molecule has 0 fully saturated rings. The normalized spacial score (nSPS) is 10.5. The van der Waals surface area contributed by atoms with E-state index in [1.807, 2.05) is 31.2 Å². The molecule has 1 heterocycles. The van der Waals surface area contributed by atoms with Crippen LogP contribution in [0, 0.1) is 0 Å². The molecule has 0 aliphatic rings. The molecule has 0 atom stereocenters. The van der Waals surface area contributed by atoms with Crippen molar-refractivity contribution in [2.24, 2.45) is 0 Å². The minimum atomic E-state index is -0.271. The van der Waals surface area contributed by atoms with Gasteiger partial charge in [0.1, 0.15) is 5.69 Å². The first-order chi connectivity index (χ1) is 11.5. The van der Waals surface area contributed by atoms with Gasteiger partial charge >= 0.3 is 0 Å². The molecule has 0 saturated carbocycles. The van der Waals surface area contributed by atoms with E-state index in [-0.39, 0.29) is 18.4 Å². The van der Waals surface area contributed by atoms with Crippen molar-refractivity contribution in [3.05, 3.63) is 47.3 Å². The van der Waals surface area contributed by atoms with Gasteiger partial charge in [-0.25, -0.2) is 0 Å². The zero-order valence-electron chi connectivity index (χ0n) is 14.4. The van der Waals surface area contributed by atoms with Crippen LogP contribution in [-0.2, 0) is 17.6 Å². The molecule has 1 aromatic carbocycles. The van der Waals surface area contributed by atoms with E-state index in [1.165, 1.54) is 4.90 Å². The number of nitrogens with zero attached hydrogens (tertiary/aromatic N) is 2. The highest BCUT2D eigenvalue weighted by atomic mass is 16.2. The number of anilines is 1. The second kappa shape index (κ2) is 8.29. The maximum absolute atomic E-state index is 12.3. The molecule has 0 unspecified atom stereocenters. The molecule has 0 spiro atoms. The van der Waals surface area contributed by atoms with Gasteiger partial charge in [0.25, 0.3) is 5.91 Å². The summed E-state index contributed by atoms with van der Waals surface area (Å²) in [7, 11) is 1.60. The Bertz CT molecular complexity index is 709. The van der Waals surface area contributed by atoms with Gasteiger partial charge in [0.2, 0.25) is 5.91 Å². The van der Waals surface area contributed by atoms with Crippen LogP contribution in [0.4, 0.5) is 5.69 Å². The van der Waals surface area contributed by atoms with E-state index in [1.54, 1.807) is 13.1 Å². The van der Waals surface area contributed by atoms with Crippen molar-refractivity contribution < 1.29 is 9.59 Å². The van der Waals surface area contributed by atoms with Crippen molar-refractivity contribution in [1.82, 2.24) is 15.1 Å². The summed E-state index contributed by atoms with van der Waals surface area (Å²) in [5.41, 5.74) is 3.12. The van der Waals surface area contributed by atoms with Crippen molar-refractivity contribution in [2.75, 3.05) is 18.9 Å². The van der Waals surface area contributed by atoms with E-state index in [9.17, 15) is 9.59 Å². The molecule has 24 heavy (non-hydrogen) atoms. The molecule has 0 bridgehead atoms. The number of benzene rings is 1. The Morgan fingerprint density at radius 1 is 1.25 bits per heavy atom. The van der Waals surface area contributed by atoms with Crippen LogP contribution < -0.4 is 5.32 Å². The van der Waals surface area contributed by atoms with Gasteiger partial charge in [-0.15, -0.1) is 0 Å². The van der Waals surface area contributed by atoms with Crippen molar-refractivity contribution in [1.29, 1.82) is 0 Å². The minimum Gasteiger partial charge on any atom is -0.331 e. The lowest BCUT2D eigenvalue weighted by atomic mass is 10.1. The maximum Gasteiger partial charge on any atom is 0.274 e. The molecule has 2 rings (SSSR count). The second-order valence-corrected chi connectivity index (χ2v) is 5.75. The Balaban J connectivity index is 1.96. The third-order valence-electron chi connectivity index (χ3n) is 3.77. The van der Waals surface area contributed by atoms with Crippen LogP contribution in [0.2, 0.25) is 0 Å². The highest BCUT2D eigenvalue weighted by Crippen LogP contribution is 2.15. The molecule has 6 heteroatoms. The van der Waals surface area contributed by atoms with Crippen molar-refractivity contribution in [2.45, 2.75) is 33.1 Å². The number of H-pyrrole nitrogens is 1. The molecule has 2 aromatic rings. The minimum absolute atomic E-state index is 0.0210. The lowest BCUT2D eigenvalue weighted by Gasteiger charge is -2.16. The summed E-state index contributed by atoms with van der Waals surface area (Å²) < 4.78 is 0. The van der Waals surface area contributed by atoms with E-state index in [0.717, 1.165) is 36.2 Å². The lowest BCUT2D eigenvalue weighted by Crippen LogP contribution is -2.35. The number of rotatable bonds is 7. The first-order valence-electron chi connectivity index (χ1n) is 8.22. The number of amides is 2. The highest BCUT2D eigenvalue weighted by Gasteiger charge is 2.18. The third-order valence-corrected chi connectivity index (χ3v) is 3.77. The predicted octanol–water partition coefficient (Wildman–Crippen LogP) is 2.64. The fourth-order valence-electron chi connectivity index (χ4n) is 2.49. The van der Waals surface area contributed by atoms with Gasteiger partial charge in [-0.05, 0) is 30.5 Å². The van der Waals surface area contributed by atoms with Crippen molar-refractivity contribution >= 4 is 17.5 Å². The molecule has 0 aliphatic carbocycles. The van der Waals surface area contributed by atoms with Crippen LogP contribution >= 0.6 is 0 Å². The average Bonchev–Trinajstić information content (AvgIpc) is 3.03. The SMILES string of the molecule is CCCc1cc(C(=O)N(C)CC(=O)Nc2ccccc2CC)n[nH]1. The summed E-state index contributed by atoms with van der Waals surface area (Å²) in [6.45, 7) is 4.08. The predicted molar refractivity (Wildman–Crippen MR) is 94.0 cm³/mol. The fourth-order valence-corrected chi connectivity index (χ4v) is 2.49. The zero-order valence-corrected chi connectivity index (χ0v) is 14.4. The lowest BCUT2D eigenvalue weighted by molar-refractivity contribution is -0.116. The Kier molecular flexibility index (Phi) is 6.12. The van der Waals surface area contributed by atoms with Crippen LogP contribution in [0.1, 0.15) is 42.0 Å². The summed E-state index contributed by atoms with van der Waals surface area (Å²) in [5.74, 6) is -0.497. The smallest absolute Gasteiger partial charge is 0.274 e. The summed E-state index contributed by atoms with van der Waals surface area (Å²) in [5, 5.41) is 9.74. The van der Waals surface area contributed by atoms with Gasteiger partial charge < -0.3 is 10.2 Å². The summed E-state index contributed by atoms with van der Waals surface area (Å²) in [6, 6.07) is 9.40. The van der Waals surface area contributed by atoms with Gasteiger partial charge in [0, 0.05) is 18.4 Å². The number of hydrogen-bond acceptors (Lipinski definition) is 3. The quantitative estimate of drug-likeness (QED) is 0.820. The summed E-state index contributed by atoms with van der Waals surface area (Å²) in [6.07, 6.45) is 2.65. The first-order valence-corrected chi connectivity index (χ1v) is 8.22. The molecule has 0 aliphatic heterocycles. The molecule has 6 nitrogen and oxygen atoms in total. The topological polar surface area (TPSA) is 78.1 Å². The molecule has 1 aromatic heterocycles. The first kappa shape index (κ1) is 17.7. The number of carbonyl (C=O) groups excluding carboxylic acids is 2. The van der Waals surface area contributed by atoms with Gasteiger partial charge in [0.15, 0.2) is 0 Å². The van der Waals surface area contributed by atoms with Gasteiger partial charge in [0.05, 0.1) is 6.54 Å². The Hall–Kier alpha value is -2.63. The fraction of sp³-hybridized carbons (Fsp3) is 0.389. The van der Waals surface area contributed by atoms with Crippen molar-refractivity contribution in [3.8, 4) is 0 Å². The van der Waals surface area contributed by atoms with Crippen LogP contribution in [0.5, 0.6) is 0 Å². The summed E-state index contributed by atoms with van der Waals surface area (Å²) >= 11 is 0.